The van der Waals surface area contributed by atoms with E-state index in [2.05, 4.69) is 5.32 Å². The molecule has 1 fully saturated rings. The fourth-order valence-corrected chi connectivity index (χ4v) is 3.17. The van der Waals surface area contributed by atoms with E-state index in [4.69, 9.17) is 26.8 Å². The molecule has 2 aromatic rings. The third kappa shape index (κ3) is 4.75. The molecule has 1 saturated heterocycles. The molecule has 2 N–H and O–H groups in total. The Morgan fingerprint density at radius 2 is 1.97 bits per heavy atom. The second kappa shape index (κ2) is 9.56. The minimum Gasteiger partial charge on any atom is -0.490 e. The highest BCUT2D eigenvalue weighted by Gasteiger charge is 2.35. The maximum absolute atomic E-state index is 14.3. The van der Waals surface area contributed by atoms with E-state index in [1.165, 1.54) is 49.4 Å². The van der Waals surface area contributed by atoms with Crippen LogP contribution in [0.25, 0.3) is 6.08 Å². The Hall–Kier alpha value is -3.79. The molecule has 0 aliphatic carbocycles. The van der Waals surface area contributed by atoms with Crippen LogP contribution >= 0.6 is 12.2 Å². The summed E-state index contributed by atoms with van der Waals surface area (Å²) in [6.45, 7) is 3.38. The minimum atomic E-state index is -1.15. The van der Waals surface area contributed by atoms with Crippen molar-refractivity contribution in [3.05, 3.63) is 59.4 Å². The van der Waals surface area contributed by atoms with Crippen LogP contribution < -0.4 is 19.7 Å². The molecule has 2 aromatic carbocycles. The van der Waals surface area contributed by atoms with Gasteiger partial charge in [0.05, 0.1) is 12.3 Å². The van der Waals surface area contributed by atoms with Gasteiger partial charge in [0.15, 0.2) is 22.7 Å². The number of carboxylic acids is 1. The number of hydrogen-bond donors (Lipinski definition) is 2. The van der Waals surface area contributed by atoms with Gasteiger partial charge in [0.25, 0.3) is 11.8 Å². The van der Waals surface area contributed by atoms with Gasteiger partial charge in [-0.25, -0.2) is 14.1 Å². The van der Waals surface area contributed by atoms with E-state index in [1.807, 2.05) is 0 Å². The van der Waals surface area contributed by atoms with Gasteiger partial charge in [-0.1, -0.05) is 18.2 Å². The fourth-order valence-electron chi connectivity index (χ4n) is 2.90. The molecule has 0 saturated carbocycles. The Balaban J connectivity index is 1.98. The van der Waals surface area contributed by atoms with Crippen LogP contribution in [0, 0.1) is 5.82 Å². The molecule has 166 valence electrons. The second-order valence-corrected chi connectivity index (χ2v) is 7.03. The average molecular weight is 458 g/mol. The Bertz CT molecular complexity index is 1130. The maximum Gasteiger partial charge on any atom is 0.344 e. The zero-order valence-corrected chi connectivity index (χ0v) is 17.9. The van der Waals surface area contributed by atoms with Crippen LogP contribution in [0.4, 0.5) is 10.1 Å². The highest BCUT2D eigenvalue weighted by atomic mass is 32.1. The normalized spacial score (nSPS) is 16.0. The molecule has 0 aromatic heterocycles. The summed E-state index contributed by atoms with van der Waals surface area (Å²) in [6.07, 6.45) is 0.194. The van der Waals surface area contributed by atoms with E-state index in [0.717, 1.165) is 4.90 Å². The quantitative estimate of drug-likeness (QED) is 0.373. The number of amides is 2. The van der Waals surface area contributed by atoms with Crippen LogP contribution in [-0.2, 0) is 14.4 Å². The minimum absolute atomic E-state index is 0.0881. The van der Waals surface area contributed by atoms with Gasteiger partial charge in [-0.3, -0.25) is 14.9 Å². The first-order valence-corrected chi connectivity index (χ1v) is 9.96. The summed E-state index contributed by atoms with van der Waals surface area (Å²) in [5, 5.41) is 11.2. The lowest BCUT2D eigenvalue weighted by Crippen LogP contribution is -2.54. The van der Waals surface area contributed by atoms with E-state index < -0.39 is 29.7 Å². The third-order valence-electron chi connectivity index (χ3n) is 4.43. The van der Waals surface area contributed by atoms with E-state index >= 15 is 0 Å². The second-order valence-electron chi connectivity index (χ2n) is 6.65. The zero-order valence-electron chi connectivity index (χ0n) is 17.1. The van der Waals surface area contributed by atoms with E-state index in [0.29, 0.717) is 5.56 Å². The molecule has 10 heteroatoms. The third-order valence-corrected chi connectivity index (χ3v) is 4.71. The number of ether oxygens (including phenoxy) is 2. The maximum atomic E-state index is 14.3. The van der Waals surface area contributed by atoms with Crippen LogP contribution in [0.15, 0.2) is 48.0 Å². The van der Waals surface area contributed by atoms with E-state index in [-0.39, 0.29) is 34.5 Å². The smallest absolute Gasteiger partial charge is 0.344 e. The van der Waals surface area contributed by atoms with Crippen LogP contribution in [0.3, 0.4) is 0 Å². The monoisotopic (exact) mass is 458 g/mol. The number of hydrogen-bond acceptors (Lipinski definition) is 6. The van der Waals surface area contributed by atoms with Gasteiger partial charge in [-0.15, -0.1) is 0 Å². The van der Waals surface area contributed by atoms with Crippen LogP contribution in [0.5, 0.6) is 11.5 Å². The molecule has 0 unspecified atom stereocenters. The van der Waals surface area contributed by atoms with Gasteiger partial charge in [0.1, 0.15) is 11.4 Å². The predicted octanol–water partition coefficient (Wildman–Crippen LogP) is 2.91. The highest BCUT2D eigenvalue weighted by Crippen LogP contribution is 2.31. The number of anilines is 1. The summed E-state index contributed by atoms with van der Waals surface area (Å²) in [5.41, 5.74) is 0.0512. The van der Waals surface area contributed by atoms with Crippen LogP contribution in [0.2, 0.25) is 0 Å². The van der Waals surface area contributed by atoms with E-state index in [1.54, 1.807) is 13.0 Å². The number of aliphatic carboxylic acids is 1. The van der Waals surface area contributed by atoms with Crippen molar-refractivity contribution in [3.63, 3.8) is 0 Å². The van der Waals surface area contributed by atoms with Crippen molar-refractivity contribution in [1.82, 2.24) is 5.32 Å². The number of halogens is 1. The Kier molecular flexibility index (Phi) is 6.84. The summed E-state index contributed by atoms with van der Waals surface area (Å²) in [7, 11) is 0. The summed E-state index contributed by atoms with van der Waals surface area (Å²) in [6, 6.07) is 10.1. The Morgan fingerprint density at radius 3 is 2.62 bits per heavy atom. The molecule has 0 spiro atoms. The van der Waals surface area contributed by atoms with E-state index in [9.17, 15) is 18.8 Å². The number of nitrogens with one attached hydrogen (secondary N) is 1. The number of nitrogens with zero attached hydrogens (tertiary/aromatic N) is 1. The molecule has 1 atom stereocenters. The van der Waals surface area contributed by atoms with Crippen molar-refractivity contribution in [2.24, 2.45) is 0 Å². The van der Waals surface area contributed by atoms with Gasteiger partial charge < -0.3 is 14.6 Å². The van der Waals surface area contributed by atoms with Crippen molar-refractivity contribution in [3.8, 4) is 11.5 Å². The lowest BCUT2D eigenvalue weighted by molar-refractivity contribution is -0.144. The number of rotatable bonds is 7. The number of benzene rings is 2. The summed E-state index contributed by atoms with van der Waals surface area (Å²) < 4.78 is 25.2. The van der Waals surface area contributed by atoms with Gasteiger partial charge >= 0.3 is 5.97 Å². The molecular weight excluding hydrogens is 439 g/mol. The molecule has 2 amide bonds. The van der Waals surface area contributed by atoms with Gasteiger partial charge in [-0.05, 0) is 62.0 Å². The number of thiocarbonyl (C=S) groups is 1. The Morgan fingerprint density at radius 1 is 1.25 bits per heavy atom. The highest BCUT2D eigenvalue weighted by molar-refractivity contribution is 7.80. The van der Waals surface area contributed by atoms with Crippen LogP contribution in [-0.4, -0.2) is 40.7 Å². The first-order valence-electron chi connectivity index (χ1n) is 9.55. The molecule has 8 nitrogen and oxygen atoms in total. The molecule has 3 rings (SSSR count). The lowest BCUT2D eigenvalue weighted by Gasteiger charge is -2.29. The lowest BCUT2D eigenvalue weighted by atomic mass is 10.1. The Labute approximate surface area is 188 Å². The number of carboxylic acid groups (broad SMARTS) is 1. The summed E-state index contributed by atoms with van der Waals surface area (Å²) >= 11 is 5.07. The number of carbonyl (C=O) groups excluding carboxylic acids is 2. The predicted molar refractivity (Wildman–Crippen MR) is 118 cm³/mol. The van der Waals surface area contributed by atoms with Gasteiger partial charge in [0, 0.05) is 0 Å². The van der Waals surface area contributed by atoms with Crippen molar-refractivity contribution in [1.29, 1.82) is 0 Å². The first-order chi connectivity index (χ1) is 15.2. The molecule has 1 aliphatic heterocycles. The molecule has 1 aliphatic rings. The van der Waals surface area contributed by atoms with Crippen molar-refractivity contribution >= 4 is 46.9 Å². The topological polar surface area (TPSA) is 105 Å². The van der Waals surface area contributed by atoms with Gasteiger partial charge in [0.2, 0.25) is 0 Å². The van der Waals surface area contributed by atoms with Crippen LogP contribution in [0.1, 0.15) is 19.4 Å². The summed E-state index contributed by atoms with van der Waals surface area (Å²) in [4.78, 5) is 37.5. The van der Waals surface area contributed by atoms with Crippen molar-refractivity contribution in [2.45, 2.75) is 20.0 Å². The number of para-hydroxylation sites is 1. The largest absolute Gasteiger partial charge is 0.490 e. The molecule has 32 heavy (non-hydrogen) atoms. The van der Waals surface area contributed by atoms with Gasteiger partial charge in [-0.2, -0.15) is 0 Å². The molecule has 1 heterocycles. The van der Waals surface area contributed by atoms with Crippen molar-refractivity contribution < 1.29 is 33.4 Å². The standard InChI is InChI=1S/C22H19FN2O6S/c1-3-30-18-11-13(8-9-17(18)31-12(2)21(28)29)10-14-19(26)24-22(32)25(20(14)27)16-7-5-4-6-15(16)23/h4-12H,3H2,1-2H3,(H,28,29)(H,24,26,32)/b14-10+/t12-/m1/s1. The first kappa shape index (κ1) is 22.9. The summed E-state index contributed by atoms with van der Waals surface area (Å²) in [5.74, 6) is -2.91. The molecular formula is C22H19FN2O6S. The fraction of sp³-hybridized carbons (Fsp3) is 0.182. The molecule has 0 radical (unpaired) electrons. The average Bonchev–Trinajstić information content (AvgIpc) is 2.74. The SMILES string of the molecule is CCOc1cc(/C=C2\C(=O)NC(=S)N(c3ccccc3F)C2=O)ccc1O[C@H](C)C(=O)O. The zero-order chi connectivity index (χ0) is 23.4. The number of carbonyl (C=O) groups is 3. The van der Waals surface area contributed by atoms with Crippen molar-refractivity contribution in [2.75, 3.05) is 11.5 Å². The molecule has 0 bridgehead atoms.